The van der Waals surface area contributed by atoms with E-state index in [1.807, 2.05) is 14.1 Å². The van der Waals surface area contributed by atoms with Crippen LogP contribution < -0.4 is 5.32 Å². The van der Waals surface area contributed by atoms with E-state index in [4.69, 9.17) is 0 Å². The van der Waals surface area contributed by atoms with Crippen LogP contribution in [-0.2, 0) is 9.59 Å². The van der Waals surface area contributed by atoms with Crippen LogP contribution in [0.1, 0.15) is 13.3 Å². The molecule has 1 N–H and O–H groups in total. The Morgan fingerprint density at radius 3 is 2.32 bits per heavy atom. The molecule has 6 heteroatoms. The molecule has 6 nitrogen and oxygen atoms in total. The van der Waals surface area contributed by atoms with Gasteiger partial charge < -0.3 is 20.0 Å². The lowest BCUT2D eigenvalue weighted by molar-refractivity contribution is -0.146. The fourth-order valence-corrected chi connectivity index (χ4v) is 2.08. The topological polar surface area (TPSA) is 55.9 Å². The van der Waals surface area contributed by atoms with Crippen LogP contribution in [0.15, 0.2) is 0 Å². The van der Waals surface area contributed by atoms with Gasteiger partial charge in [0.05, 0.1) is 0 Å². The molecule has 110 valence electrons. The van der Waals surface area contributed by atoms with E-state index >= 15 is 0 Å². The van der Waals surface area contributed by atoms with E-state index in [1.165, 1.54) is 0 Å². The number of carbonyl (C=O) groups is 2. The highest BCUT2D eigenvalue weighted by atomic mass is 16.2. The average molecular weight is 270 g/mol. The van der Waals surface area contributed by atoms with Crippen molar-refractivity contribution in [2.24, 2.45) is 0 Å². The molecule has 0 aromatic rings. The fourth-order valence-electron chi connectivity index (χ4n) is 2.08. The maximum atomic E-state index is 11.9. The minimum Gasteiger partial charge on any atom is -0.348 e. The normalized spacial score (nSPS) is 16.7. The van der Waals surface area contributed by atoms with E-state index < -0.39 is 5.91 Å². The van der Waals surface area contributed by atoms with Crippen LogP contribution >= 0.6 is 0 Å². The number of hydrogen-bond donors (Lipinski definition) is 1. The molecule has 2 amide bonds. The predicted octanol–water partition coefficient (Wildman–Crippen LogP) is -0.782. The highest BCUT2D eigenvalue weighted by Crippen LogP contribution is 2.01. The van der Waals surface area contributed by atoms with Crippen molar-refractivity contribution in [1.82, 2.24) is 20.0 Å². The first-order valence-electron chi connectivity index (χ1n) is 6.98. The summed E-state index contributed by atoms with van der Waals surface area (Å²) in [4.78, 5) is 29.6. The van der Waals surface area contributed by atoms with Gasteiger partial charge in [-0.05, 0) is 33.6 Å². The average Bonchev–Trinajstić information content (AvgIpc) is 2.42. The van der Waals surface area contributed by atoms with Crippen molar-refractivity contribution in [3.63, 3.8) is 0 Å². The summed E-state index contributed by atoms with van der Waals surface area (Å²) in [6.45, 7) is 7.58. The maximum Gasteiger partial charge on any atom is 0.311 e. The number of rotatable bonds is 5. The number of piperazine rings is 1. The monoisotopic (exact) mass is 270 g/mol. The number of carbonyl (C=O) groups excluding carboxylic acids is 2. The van der Waals surface area contributed by atoms with Crippen molar-refractivity contribution in [1.29, 1.82) is 0 Å². The first-order chi connectivity index (χ1) is 9.04. The third-order valence-electron chi connectivity index (χ3n) is 3.37. The second-order valence-electron chi connectivity index (χ2n) is 5.14. The summed E-state index contributed by atoms with van der Waals surface area (Å²) in [6.07, 6.45) is 0.857. The second kappa shape index (κ2) is 8.12. The van der Waals surface area contributed by atoms with Gasteiger partial charge in [-0.15, -0.1) is 0 Å². The van der Waals surface area contributed by atoms with Crippen LogP contribution in [-0.4, -0.2) is 86.4 Å². The number of amides is 2. The third kappa shape index (κ3) is 5.57. The molecule has 1 rings (SSSR count). The lowest BCUT2D eigenvalue weighted by Crippen LogP contribution is -2.52. The number of nitrogens with one attached hydrogen (secondary N) is 1. The molecule has 0 saturated carbocycles. The lowest BCUT2D eigenvalue weighted by atomic mass is 10.3. The predicted molar refractivity (Wildman–Crippen MR) is 74.9 cm³/mol. The molecule has 1 aliphatic heterocycles. The van der Waals surface area contributed by atoms with Crippen molar-refractivity contribution in [2.45, 2.75) is 13.3 Å². The molecule has 1 saturated heterocycles. The Hall–Kier alpha value is -1.14. The van der Waals surface area contributed by atoms with Crippen molar-refractivity contribution in [2.75, 3.05) is 59.9 Å². The first-order valence-corrected chi connectivity index (χ1v) is 6.98. The standard InChI is InChI=1S/C13H26N4O2/c1-4-16-8-10-17(11-9-16)13(19)12(18)14-6-5-7-15(2)3/h4-11H2,1-3H3,(H,14,18). The molecule has 1 fully saturated rings. The van der Waals surface area contributed by atoms with Gasteiger partial charge in [0.15, 0.2) is 0 Å². The molecule has 1 aliphatic rings. The number of nitrogens with zero attached hydrogens (tertiary/aromatic N) is 3. The van der Waals surface area contributed by atoms with E-state index in [0.717, 1.165) is 32.6 Å². The van der Waals surface area contributed by atoms with Gasteiger partial charge in [-0.25, -0.2) is 0 Å². The van der Waals surface area contributed by atoms with Gasteiger partial charge in [0.1, 0.15) is 0 Å². The summed E-state index contributed by atoms with van der Waals surface area (Å²) in [5.41, 5.74) is 0. The Kier molecular flexibility index (Phi) is 6.80. The van der Waals surface area contributed by atoms with Gasteiger partial charge in [0.2, 0.25) is 0 Å². The summed E-state index contributed by atoms with van der Waals surface area (Å²) in [5, 5.41) is 2.69. The van der Waals surface area contributed by atoms with Crippen molar-refractivity contribution in [3.8, 4) is 0 Å². The fraction of sp³-hybridized carbons (Fsp3) is 0.846. The number of likely N-dealkylation sites (N-methyl/N-ethyl adjacent to an activating group) is 1. The van der Waals surface area contributed by atoms with Crippen molar-refractivity contribution < 1.29 is 9.59 Å². The Labute approximate surface area is 115 Å². The summed E-state index contributed by atoms with van der Waals surface area (Å²) in [6, 6.07) is 0. The van der Waals surface area contributed by atoms with Crippen LogP contribution in [0.25, 0.3) is 0 Å². The van der Waals surface area contributed by atoms with E-state index in [0.29, 0.717) is 19.6 Å². The molecule has 0 aliphatic carbocycles. The van der Waals surface area contributed by atoms with E-state index in [9.17, 15) is 9.59 Å². The summed E-state index contributed by atoms with van der Waals surface area (Å²) < 4.78 is 0. The Balaban J connectivity index is 2.23. The van der Waals surface area contributed by atoms with Crippen LogP contribution in [0.5, 0.6) is 0 Å². The molecule has 0 atom stereocenters. The van der Waals surface area contributed by atoms with Crippen LogP contribution in [0.4, 0.5) is 0 Å². The van der Waals surface area contributed by atoms with Crippen LogP contribution in [0.2, 0.25) is 0 Å². The highest BCUT2D eigenvalue weighted by Gasteiger charge is 2.24. The van der Waals surface area contributed by atoms with Crippen LogP contribution in [0.3, 0.4) is 0 Å². The van der Waals surface area contributed by atoms with Crippen molar-refractivity contribution in [3.05, 3.63) is 0 Å². The molecule has 0 aromatic heterocycles. The maximum absolute atomic E-state index is 11.9. The molecule has 0 bridgehead atoms. The Morgan fingerprint density at radius 1 is 1.16 bits per heavy atom. The Morgan fingerprint density at radius 2 is 1.79 bits per heavy atom. The zero-order valence-corrected chi connectivity index (χ0v) is 12.3. The minimum absolute atomic E-state index is 0.388. The summed E-state index contributed by atoms with van der Waals surface area (Å²) >= 11 is 0. The van der Waals surface area contributed by atoms with Gasteiger partial charge in [-0.2, -0.15) is 0 Å². The van der Waals surface area contributed by atoms with Gasteiger partial charge >= 0.3 is 11.8 Å². The van der Waals surface area contributed by atoms with Crippen LogP contribution in [0, 0.1) is 0 Å². The van der Waals surface area contributed by atoms with Gasteiger partial charge in [-0.3, -0.25) is 9.59 Å². The molecule has 19 heavy (non-hydrogen) atoms. The zero-order valence-electron chi connectivity index (χ0n) is 12.3. The largest absolute Gasteiger partial charge is 0.348 e. The Bertz CT molecular complexity index is 299. The first kappa shape index (κ1) is 15.9. The smallest absolute Gasteiger partial charge is 0.311 e. The molecular formula is C13H26N4O2. The minimum atomic E-state index is -0.469. The lowest BCUT2D eigenvalue weighted by Gasteiger charge is -2.33. The molecule has 1 heterocycles. The third-order valence-corrected chi connectivity index (χ3v) is 3.37. The quantitative estimate of drug-likeness (QED) is 0.526. The number of hydrogen-bond acceptors (Lipinski definition) is 4. The summed E-state index contributed by atoms with van der Waals surface area (Å²) in [5.74, 6) is -0.857. The molecule has 0 aromatic carbocycles. The highest BCUT2D eigenvalue weighted by molar-refractivity contribution is 6.35. The molecule has 0 unspecified atom stereocenters. The van der Waals surface area contributed by atoms with Gasteiger partial charge in [0, 0.05) is 32.7 Å². The van der Waals surface area contributed by atoms with E-state index in [2.05, 4.69) is 22.0 Å². The molecule has 0 spiro atoms. The molecule has 0 radical (unpaired) electrons. The van der Waals surface area contributed by atoms with E-state index in [-0.39, 0.29) is 5.91 Å². The second-order valence-corrected chi connectivity index (χ2v) is 5.14. The van der Waals surface area contributed by atoms with E-state index in [1.54, 1.807) is 4.90 Å². The van der Waals surface area contributed by atoms with Gasteiger partial charge in [0.25, 0.3) is 0 Å². The van der Waals surface area contributed by atoms with Gasteiger partial charge in [-0.1, -0.05) is 6.92 Å². The SMILES string of the molecule is CCN1CCN(C(=O)C(=O)NCCCN(C)C)CC1. The summed E-state index contributed by atoms with van der Waals surface area (Å²) in [7, 11) is 3.97. The van der Waals surface area contributed by atoms with Crippen molar-refractivity contribution >= 4 is 11.8 Å². The molecular weight excluding hydrogens is 244 g/mol. The zero-order chi connectivity index (χ0) is 14.3.